The van der Waals surface area contributed by atoms with Crippen molar-refractivity contribution >= 4 is 57.6 Å². The third kappa shape index (κ3) is 3.41. The Morgan fingerprint density at radius 1 is 1.00 bits per heavy atom. The summed E-state index contributed by atoms with van der Waals surface area (Å²) < 4.78 is 2.70. The number of nitrogens with zero attached hydrogens (tertiary/aromatic N) is 2. The number of thiocarbonyl (C=S) groups is 1. The number of benzene rings is 2. The normalized spacial score (nSPS) is 15.7. The number of para-hydroxylation sites is 1. The first-order valence-electron chi connectivity index (χ1n) is 8.73. The molecule has 0 aliphatic carbocycles. The lowest BCUT2D eigenvalue weighted by Gasteiger charge is -2.13. The van der Waals surface area contributed by atoms with E-state index in [-0.39, 0.29) is 5.91 Å². The van der Waals surface area contributed by atoms with E-state index in [4.69, 9.17) is 23.8 Å². The molecule has 6 heteroatoms. The van der Waals surface area contributed by atoms with Crippen LogP contribution in [0, 0.1) is 13.8 Å². The molecule has 3 aromatic rings. The first kappa shape index (κ1) is 19.0. The second-order valence-corrected chi connectivity index (χ2v) is 8.60. The maximum Gasteiger partial charge on any atom is 0.270 e. The quantitative estimate of drug-likeness (QED) is 0.372. The number of carbonyl (C=O) groups is 1. The number of amides is 1. The molecule has 3 nitrogen and oxygen atoms in total. The van der Waals surface area contributed by atoms with E-state index in [1.165, 1.54) is 11.8 Å². The zero-order chi connectivity index (χ0) is 19.8. The van der Waals surface area contributed by atoms with Crippen molar-refractivity contribution < 1.29 is 4.79 Å². The number of aryl methyl sites for hydroxylation is 1. The molecule has 28 heavy (non-hydrogen) atoms. The molecular weight excluding hydrogens is 408 g/mol. The number of hydrogen-bond acceptors (Lipinski definition) is 3. The summed E-state index contributed by atoms with van der Waals surface area (Å²) in [6.45, 7) is 4.10. The average Bonchev–Trinajstić information content (AvgIpc) is 3.12. The van der Waals surface area contributed by atoms with Gasteiger partial charge >= 0.3 is 0 Å². The first-order valence-corrected chi connectivity index (χ1v) is 10.3. The van der Waals surface area contributed by atoms with Crippen LogP contribution in [0.2, 0.25) is 5.02 Å². The van der Waals surface area contributed by atoms with Crippen LogP contribution < -0.4 is 4.90 Å². The average molecular weight is 425 g/mol. The summed E-state index contributed by atoms with van der Waals surface area (Å²) in [5.74, 6) is -0.0857. The monoisotopic (exact) mass is 424 g/mol. The van der Waals surface area contributed by atoms with E-state index in [0.29, 0.717) is 14.2 Å². The van der Waals surface area contributed by atoms with Crippen molar-refractivity contribution in [1.29, 1.82) is 0 Å². The van der Waals surface area contributed by atoms with Crippen molar-refractivity contribution in [3.8, 4) is 5.69 Å². The molecule has 0 bridgehead atoms. The minimum absolute atomic E-state index is 0.0857. The molecule has 1 fully saturated rings. The minimum atomic E-state index is -0.0857. The van der Waals surface area contributed by atoms with E-state index in [9.17, 15) is 4.79 Å². The third-order valence-corrected chi connectivity index (χ3v) is 6.20. The Morgan fingerprint density at radius 3 is 2.36 bits per heavy atom. The second kappa shape index (κ2) is 7.59. The van der Waals surface area contributed by atoms with Gasteiger partial charge in [-0.25, -0.2) is 0 Å². The molecule has 4 rings (SSSR count). The lowest BCUT2D eigenvalue weighted by Crippen LogP contribution is -2.27. The molecule has 0 spiro atoms. The summed E-state index contributed by atoms with van der Waals surface area (Å²) in [6.07, 6.45) is 1.93. The van der Waals surface area contributed by atoms with Crippen molar-refractivity contribution in [3.63, 3.8) is 0 Å². The van der Waals surface area contributed by atoms with E-state index in [0.717, 1.165) is 28.3 Å². The molecule has 0 unspecified atom stereocenters. The molecule has 0 N–H and O–H groups in total. The number of hydrogen-bond donors (Lipinski definition) is 0. The number of thioether (sulfide) groups is 1. The summed E-state index contributed by atoms with van der Waals surface area (Å²) in [5.41, 5.74) is 4.98. The molecule has 0 atom stereocenters. The van der Waals surface area contributed by atoms with Crippen LogP contribution >= 0.6 is 35.6 Å². The van der Waals surface area contributed by atoms with Crippen LogP contribution in [0.4, 0.5) is 5.69 Å². The van der Waals surface area contributed by atoms with Gasteiger partial charge in [0.2, 0.25) is 0 Å². The summed E-state index contributed by atoms with van der Waals surface area (Å²) in [7, 11) is 0. The smallest absolute Gasteiger partial charge is 0.270 e. The van der Waals surface area contributed by atoms with E-state index in [2.05, 4.69) is 10.6 Å². The maximum absolute atomic E-state index is 13.0. The highest BCUT2D eigenvalue weighted by Gasteiger charge is 2.33. The predicted molar refractivity (Wildman–Crippen MR) is 122 cm³/mol. The molecule has 140 valence electrons. The summed E-state index contributed by atoms with van der Waals surface area (Å²) in [6, 6.07) is 19.3. The zero-order valence-electron chi connectivity index (χ0n) is 15.3. The Bertz CT molecular complexity index is 1100. The summed E-state index contributed by atoms with van der Waals surface area (Å²) in [4.78, 5) is 15.2. The van der Waals surface area contributed by atoms with Crippen LogP contribution in [-0.2, 0) is 4.79 Å². The molecule has 2 aromatic carbocycles. The van der Waals surface area contributed by atoms with Crippen molar-refractivity contribution in [2.45, 2.75) is 13.8 Å². The SMILES string of the molecule is Cc1cc(/C=C2\SC(=S)N(c3ccccc3)C2=O)c(C)n1-c1ccc(Cl)cc1. The number of rotatable bonds is 3. The number of aromatic nitrogens is 1. The lowest BCUT2D eigenvalue weighted by molar-refractivity contribution is -0.113. The van der Waals surface area contributed by atoms with Crippen LogP contribution in [0.25, 0.3) is 11.8 Å². The fourth-order valence-electron chi connectivity index (χ4n) is 3.33. The fraction of sp³-hybridized carbons (Fsp3) is 0.0909. The Hall–Kier alpha value is -2.34. The van der Waals surface area contributed by atoms with Gasteiger partial charge in [-0.1, -0.05) is 53.8 Å². The van der Waals surface area contributed by atoms with E-state index in [1.807, 2.05) is 74.5 Å². The topological polar surface area (TPSA) is 25.2 Å². The molecule has 1 saturated heterocycles. The van der Waals surface area contributed by atoms with Gasteiger partial charge in [0.25, 0.3) is 5.91 Å². The molecule has 0 radical (unpaired) electrons. The van der Waals surface area contributed by atoms with Crippen molar-refractivity contribution in [2.75, 3.05) is 4.90 Å². The molecule has 1 aliphatic rings. The standard InChI is InChI=1S/C22H17ClN2OS2/c1-14-12-16(15(2)24(14)19-10-8-17(23)9-11-19)13-20-21(26)25(22(27)28-20)18-6-4-3-5-7-18/h3-13H,1-2H3/b20-13-. The van der Waals surface area contributed by atoms with Crippen LogP contribution in [0.1, 0.15) is 17.0 Å². The van der Waals surface area contributed by atoms with E-state index in [1.54, 1.807) is 4.90 Å². The molecule has 1 amide bonds. The highest BCUT2D eigenvalue weighted by molar-refractivity contribution is 8.27. The van der Waals surface area contributed by atoms with Gasteiger partial charge in [-0.3, -0.25) is 9.69 Å². The van der Waals surface area contributed by atoms with Gasteiger partial charge in [0.1, 0.15) is 0 Å². The molecular formula is C22H17ClN2OS2. The van der Waals surface area contributed by atoms with Gasteiger partial charge < -0.3 is 4.57 Å². The largest absolute Gasteiger partial charge is 0.318 e. The zero-order valence-corrected chi connectivity index (χ0v) is 17.7. The highest BCUT2D eigenvalue weighted by Crippen LogP contribution is 2.36. The van der Waals surface area contributed by atoms with E-state index >= 15 is 0 Å². The van der Waals surface area contributed by atoms with Crippen molar-refractivity contribution in [2.24, 2.45) is 0 Å². The van der Waals surface area contributed by atoms with Gasteiger partial charge in [0.15, 0.2) is 4.32 Å². The summed E-state index contributed by atoms with van der Waals surface area (Å²) in [5, 5.41) is 0.705. The fourth-order valence-corrected chi connectivity index (χ4v) is 4.75. The van der Waals surface area contributed by atoms with Gasteiger partial charge in [-0.05, 0) is 68.0 Å². The van der Waals surface area contributed by atoms with Gasteiger partial charge in [-0.15, -0.1) is 0 Å². The molecule has 0 saturated carbocycles. The first-order chi connectivity index (χ1) is 13.5. The van der Waals surface area contributed by atoms with E-state index < -0.39 is 0 Å². The molecule has 2 heterocycles. The molecule has 1 aromatic heterocycles. The number of carbonyl (C=O) groups excluding carboxylic acids is 1. The Labute approximate surface area is 178 Å². The van der Waals surface area contributed by atoms with Crippen LogP contribution in [-0.4, -0.2) is 14.8 Å². The Kier molecular flexibility index (Phi) is 5.15. The Morgan fingerprint density at radius 2 is 1.68 bits per heavy atom. The van der Waals surface area contributed by atoms with Gasteiger partial charge in [0.05, 0.1) is 10.6 Å². The van der Waals surface area contributed by atoms with Crippen LogP contribution in [0.3, 0.4) is 0 Å². The van der Waals surface area contributed by atoms with Gasteiger partial charge in [0, 0.05) is 22.1 Å². The maximum atomic E-state index is 13.0. The summed E-state index contributed by atoms with van der Waals surface area (Å²) >= 11 is 12.8. The highest BCUT2D eigenvalue weighted by atomic mass is 35.5. The second-order valence-electron chi connectivity index (χ2n) is 6.49. The van der Waals surface area contributed by atoms with Crippen LogP contribution in [0.15, 0.2) is 65.6 Å². The minimum Gasteiger partial charge on any atom is -0.318 e. The number of anilines is 1. The Balaban J connectivity index is 1.70. The lowest BCUT2D eigenvalue weighted by atomic mass is 10.2. The van der Waals surface area contributed by atoms with Crippen LogP contribution in [0.5, 0.6) is 0 Å². The van der Waals surface area contributed by atoms with Crippen molar-refractivity contribution in [1.82, 2.24) is 4.57 Å². The molecule has 1 aliphatic heterocycles. The number of halogens is 1. The van der Waals surface area contributed by atoms with Crippen molar-refractivity contribution in [3.05, 3.63) is 87.5 Å². The third-order valence-electron chi connectivity index (χ3n) is 4.65. The predicted octanol–water partition coefficient (Wildman–Crippen LogP) is 6.15. The van der Waals surface area contributed by atoms with Gasteiger partial charge in [-0.2, -0.15) is 0 Å².